The van der Waals surface area contributed by atoms with Crippen LogP contribution in [0.4, 0.5) is 8.78 Å². The number of halogens is 2. The zero-order valence-corrected chi connectivity index (χ0v) is 10.6. The lowest BCUT2D eigenvalue weighted by Gasteiger charge is -2.39. The van der Waals surface area contributed by atoms with E-state index in [-0.39, 0.29) is 12.0 Å². The van der Waals surface area contributed by atoms with Gasteiger partial charge in [0.15, 0.2) is 0 Å². The van der Waals surface area contributed by atoms with Gasteiger partial charge in [0.25, 0.3) is 0 Å². The van der Waals surface area contributed by atoms with Crippen LogP contribution >= 0.6 is 0 Å². The predicted octanol–water partition coefficient (Wildman–Crippen LogP) is 2.99. The van der Waals surface area contributed by atoms with Crippen molar-refractivity contribution in [3.8, 4) is 0 Å². The van der Waals surface area contributed by atoms with Crippen molar-refractivity contribution in [1.29, 1.82) is 0 Å². The van der Waals surface area contributed by atoms with E-state index in [1.807, 2.05) is 13.8 Å². The van der Waals surface area contributed by atoms with Gasteiger partial charge in [-0.05, 0) is 23.6 Å². The van der Waals surface area contributed by atoms with Crippen molar-refractivity contribution < 1.29 is 18.6 Å². The summed E-state index contributed by atoms with van der Waals surface area (Å²) in [5.74, 6) is -1.06. The Bertz CT molecular complexity index is 414. The molecule has 1 heterocycles. The van der Waals surface area contributed by atoms with Gasteiger partial charge in [-0.2, -0.15) is 0 Å². The van der Waals surface area contributed by atoms with Gasteiger partial charge in [-0.1, -0.05) is 13.8 Å². The largest absolute Gasteiger partial charge is 0.385 e. The van der Waals surface area contributed by atoms with E-state index >= 15 is 0 Å². The molecule has 1 aliphatic rings. The highest BCUT2D eigenvalue weighted by atomic mass is 19.1. The quantitative estimate of drug-likeness (QED) is 0.881. The maximum atomic E-state index is 13.2. The number of rotatable bonds is 2. The Hall–Kier alpha value is -1.00. The molecule has 100 valence electrons. The molecule has 0 bridgehead atoms. The van der Waals surface area contributed by atoms with Crippen molar-refractivity contribution in [2.75, 3.05) is 6.61 Å². The summed E-state index contributed by atoms with van der Waals surface area (Å²) in [6, 6.07) is 3.21. The molecule has 1 N–H and O–H groups in total. The van der Waals surface area contributed by atoms with Crippen LogP contribution in [-0.4, -0.2) is 17.8 Å². The van der Waals surface area contributed by atoms with Gasteiger partial charge in [0.05, 0.1) is 18.3 Å². The van der Waals surface area contributed by atoms with E-state index in [2.05, 4.69) is 0 Å². The van der Waals surface area contributed by atoms with Crippen molar-refractivity contribution >= 4 is 0 Å². The third-order valence-corrected chi connectivity index (χ3v) is 3.53. The van der Waals surface area contributed by atoms with Gasteiger partial charge in [0.2, 0.25) is 0 Å². The first-order valence-electron chi connectivity index (χ1n) is 6.21. The smallest absolute Gasteiger partial charge is 0.126 e. The Kier molecular flexibility index (Phi) is 3.69. The normalized spacial score (nSPS) is 28.7. The van der Waals surface area contributed by atoms with Crippen LogP contribution in [0.5, 0.6) is 0 Å². The summed E-state index contributed by atoms with van der Waals surface area (Å²) < 4.78 is 32.0. The van der Waals surface area contributed by atoms with Gasteiger partial charge in [-0.15, -0.1) is 0 Å². The monoisotopic (exact) mass is 256 g/mol. The third-order valence-electron chi connectivity index (χ3n) is 3.53. The lowest BCUT2D eigenvalue weighted by molar-refractivity contribution is -0.121. The SMILES string of the molecule is CC(C)C1CC(O)(c2cc(F)cc(F)c2)CCO1. The Morgan fingerprint density at radius 2 is 1.89 bits per heavy atom. The molecule has 0 radical (unpaired) electrons. The topological polar surface area (TPSA) is 29.5 Å². The Labute approximate surface area is 106 Å². The number of hydrogen-bond acceptors (Lipinski definition) is 2. The zero-order chi connectivity index (χ0) is 13.3. The minimum Gasteiger partial charge on any atom is -0.385 e. The molecule has 2 nitrogen and oxygen atoms in total. The van der Waals surface area contributed by atoms with Gasteiger partial charge in [0, 0.05) is 18.9 Å². The van der Waals surface area contributed by atoms with E-state index in [0.717, 1.165) is 6.07 Å². The zero-order valence-electron chi connectivity index (χ0n) is 10.6. The van der Waals surface area contributed by atoms with E-state index in [4.69, 9.17) is 4.74 Å². The second kappa shape index (κ2) is 4.94. The number of hydrogen-bond donors (Lipinski definition) is 1. The molecule has 4 heteroatoms. The number of aliphatic hydroxyl groups is 1. The average Bonchev–Trinajstić information content (AvgIpc) is 2.27. The molecule has 1 fully saturated rings. The molecule has 18 heavy (non-hydrogen) atoms. The summed E-state index contributed by atoms with van der Waals surface area (Å²) in [5, 5.41) is 10.6. The number of ether oxygens (including phenoxy) is 1. The molecule has 2 atom stereocenters. The van der Waals surface area contributed by atoms with Crippen molar-refractivity contribution in [3.63, 3.8) is 0 Å². The summed E-state index contributed by atoms with van der Waals surface area (Å²) in [4.78, 5) is 0. The van der Waals surface area contributed by atoms with Gasteiger partial charge >= 0.3 is 0 Å². The molecule has 1 saturated heterocycles. The Morgan fingerprint density at radius 1 is 1.28 bits per heavy atom. The van der Waals surface area contributed by atoms with Crippen LogP contribution < -0.4 is 0 Å². The van der Waals surface area contributed by atoms with Crippen LogP contribution in [0.3, 0.4) is 0 Å². The summed E-state index contributed by atoms with van der Waals surface area (Å²) >= 11 is 0. The van der Waals surface area contributed by atoms with Gasteiger partial charge in [-0.3, -0.25) is 0 Å². The molecule has 0 spiro atoms. The van der Waals surface area contributed by atoms with Crippen LogP contribution in [0.2, 0.25) is 0 Å². The molecule has 1 aliphatic heterocycles. The van der Waals surface area contributed by atoms with E-state index in [9.17, 15) is 13.9 Å². The Morgan fingerprint density at radius 3 is 2.44 bits per heavy atom. The van der Waals surface area contributed by atoms with Crippen LogP contribution in [0.25, 0.3) is 0 Å². The van der Waals surface area contributed by atoms with Crippen LogP contribution in [0, 0.1) is 17.6 Å². The average molecular weight is 256 g/mol. The van der Waals surface area contributed by atoms with Crippen molar-refractivity contribution in [2.45, 2.75) is 38.4 Å². The molecule has 2 rings (SSSR count). The molecule has 0 saturated carbocycles. The van der Waals surface area contributed by atoms with Crippen LogP contribution in [0.1, 0.15) is 32.3 Å². The fourth-order valence-electron chi connectivity index (χ4n) is 2.39. The van der Waals surface area contributed by atoms with E-state index in [1.54, 1.807) is 0 Å². The van der Waals surface area contributed by atoms with Gasteiger partial charge in [0.1, 0.15) is 11.6 Å². The second-order valence-electron chi connectivity index (χ2n) is 5.30. The minimum atomic E-state index is -1.20. The summed E-state index contributed by atoms with van der Waals surface area (Å²) in [6.45, 7) is 4.41. The third kappa shape index (κ3) is 2.70. The highest BCUT2D eigenvalue weighted by Crippen LogP contribution is 2.37. The van der Waals surface area contributed by atoms with Gasteiger partial charge < -0.3 is 9.84 Å². The highest BCUT2D eigenvalue weighted by Gasteiger charge is 2.38. The lowest BCUT2D eigenvalue weighted by Crippen LogP contribution is -2.40. The molecule has 1 aromatic rings. The predicted molar refractivity (Wildman–Crippen MR) is 64.1 cm³/mol. The lowest BCUT2D eigenvalue weighted by atomic mass is 9.81. The first-order chi connectivity index (χ1) is 8.40. The molecule has 2 unspecified atom stereocenters. The molecule has 0 aliphatic carbocycles. The fourth-order valence-corrected chi connectivity index (χ4v) is 2.39. The molecular weight excluding hydrogens is 238 g/mol. The van der Waals surface area contributed by atoms with E-state index < -0.39 is 17.2 Å². The standard InChI is InChI=1S/C14H18F2O2/c1-9(2)13-8-14(17,3-4-18-13)10-5-11(15)7-12(16)6-10/h5-7,9,13,17H,3-4,8H2,1-2H3. The maximum absolute atomic E-state index is 13.2. The fraction of sp³-hybridized carbons (Fsp3) is 0.571. The molecular formula is C14H18F2O2. The molecule has 0 amide bonds. The van der Waals surface area contributed by atoms with Crippen molar-refractivity contribution in [1.82, 2.24) is 0 Å². The minimum absolute atomic E-state index is 0.0879. The highest BCUT2D eigenvalue weighted by molar-refractivity contribution is 5.25. The van der Waals surface area contributed by atoms with Crippen molar-refractivity contribution in [3.05, 3.63) is 35.4 Å². The summed E-state index contributed by atoms with van der Waals surface area (Å²) in [6.07, 6.45) is 0.641. The van der Waals surface area contributed by atoms with E-state index in [0.29, 0.717) is 25.0 Å². The van der Waals surface area contributed by atoms with Crippen LogP contribution in [0.15, 0.2) is 18.2 Å². The molecule has 0 aromatic heterocycles. The summed E-state index contributed by atoms with van der Waals surface area (Å²) in [7, 11) is 0. The van der Waals surface area contributed by atoms with Crippen LogP contribution in [-0.2, 0) is 10.3 Å². The summed E-state index contributed by atoms with van der Waals surface area (Å²) in [5.41, 5.74) is -0.898. The number of benzene rings is 1. The van der Waals surface area contributed by atoms with E-state index in [1.165, 1.54) is 12.1 Å². The van der Waals surface area contributed by atoms with Gasteiger partial charge in [-0.25, -0.2) is 8.78 Å². The molecule has 1 aromatic carbocycles. The first kappa shape index (κ1) is 13.4. The van der Waals surface area contributed by atoms with Crippen molar-refractivity contribution in [2.24, 2.45) is 5.92 Å². The second-order valence-corrected chi connectivity index (χ2v) is 5.30. The first-order valence-corrected chi connectivity index (χ1v) is 6.21. The maximum Gasteiger partial charge on any atom is 0.126 e. The Balaban J connectivity index is 2.29.